The predicted octanol–water partition coefficient (Wildman–Crippen LogP) is 0.984. The number of H-pyrrole nitrogens is 1. The number of nitrogens with one attached hydrogen (secondary N) is 1. The second-order valence-corrected chi connectivity index (χ2v) is 5.87. The summed E-state index contributed by atoms with van der Waals surface area (Å²) in [5, 5.41) is 11.4. The Bertz CT molecular complexity index is 561. The van der Waals surface area contributed by atoms with E-state index in [9.17, 15) is 0 Å². The van der Waals surface area contributed by atoms with Crippen molar-refractivity contribution in [3.8, 4) is 10.7 Å². The molecule has 3 N–H and O–H groups in total. The van der Waals surface area contributed by atoms with Crippen LogP contribution in [0.3, 0.4) is 0 Å². The molecule has 0 saturated carbocycles. The molecule has 0 bridgehead atoms. The molecular weight excluding hydrogens is 262 g/mol. The number of aromatic amines is 1. The van der Waals surface area contributed by atoms with Gasteiger partial charge in [-0.3, -0.25) is 5.10 Å². The molecule has 0 aromatic carbocycles. The highest BCUT2D eigenvalue weighted by Gasteiger charge is 2.24. The lowest BCUT2D eigenvalue weighted by Crippen LogP contribution is -2.26. The summed E-state index contributed by atoms with van der Waals surface area (Å²) in [6, 6.07) is 0.221. The highest BCUT2D eigenvalue weighted by atomic mass is 32.1. The van der Waals surface area contributed by atoms with Crippen LogP contribution in [0, 0.1) is 0 Å². The molecule has 1 fully saturated rings. The van der Waals surface area contributed by atoms with Crippen LogP contribution in [0.5, 0.6) is 0 Å². The molecule has 0 amide bonds. The molecule has 19 heavy (non-hydrogen) atoms. The van der Waals surface area contributed by atoms with Crippen LogP contribution in [-0.4, -0.2) is 43.9 Å². The molecule has 2 aromatic heterocycles. The highest BCUT2D eigenvalue weighted by molar-refractivity contribution is 7.09. The van der Waals surface area contributed by atoms with E-state index in [0.29, 0.717) is 11.9 Å². The summed E-state index contributed by atoms with van der Waals surface area (Å²) in [5.74, 6) is 1.78. The van der Waals surface area contributed by atoms with Gasteiger partial charge in [-0.15, -0.1) is 10.2 Å². The Labute approximate surface area is 115 Å². The molecule has 2 aromatic rings. The minimum absolute atomic E-state index is 0.221. The van der Waals surface area contributed by atoms with E-state index in [0.717, 1.165) is 35.9 Å². The van der Waals surface area contributed by atoms with Gasteiger partial charge in [0.15, 0.2) is 5.82 Å². The van der Waals surface area contributed by atoms with Crippen LogP contribution in [0.25, 0.3) is 10.7 Å². The molecule has 0 aliphatic carbocycles. The van der Waals surface area contributed by atoms with E-state index in [1.807, 2.05) is 0 Å². The van der Waals surface area contributed by atoms with Crippen molar-refractivity contribution < 1.29 is 0 Å². The lowest BCUT2D eigenvalue weighted by Gasteiger charge is -2.11. The van der Waals surface area contributed by atoms with Crippen LogP contribution in [0.2, 0.25) is 0 Å². The largest absolute Gasteiger partial charge is 0.338 e. The van der Waals surface area contributed by atoms with Crippen LogP contribution < -0.4 is 10.6 Å². The lowest BCUT2D eigenvalue weighted by molar-refractivity contribution is 0.750. The molecule has 3 heterocycles. The number of hydrogen-bond donors (Lipinski definition) is 2. The zero-order valence-electron chi connectivity index (χ0n) is 11.0. The van der Waals surface area contributed by atoms with Gasteiger partial charge < -0.3 is 10.6 Å². The molecule has 102 valence electrons. The topological polar surface area (TPSA) is 96.6 Å². The highest BCUT2D eigenvalue weighted by Crippen LogP contribution is 2.29. The fourth-order valence-electron chi connectivity index (χ4n) is 2.20. The Morgan fingerprint density at radius 1 is 1.47 bits per heavy atom. The van der Waals surface area contributed by atoms with E-state index >= 15 is 0 Å². The molecule has 1 saturated heterocycles. The quantitative estimate of drug-likeness (QED) is 0.869. The molecule has 1 unspecified atom stereocenters. The van der Waals surface area contributed by atoms with Gasteiger partial charge in [-0.2, -0.15) is 4.98 Å². The smallest absolute Gasteiger partial charge is 0.245 e. The van der Waals surface area contributed by atoms with E-state index in [2.05, 4.69) is 43.5 Å². The van der Waals surface area contributed by atoms with Crippen LogP contribution in [0.15, 0.2) is 0 Å². The minimum atomic E-state index is 0.221. The molecule has 8 heteroatoms. The second-order valence-electron chi connectivity index (χ2n) is 5.12. The normalized spacial score (nSPS) is 19.6. The van der Waals surface area contributed by atoms with Gasteiger partial charge in [0.2, 0.25) is 5.95 Å². The number of hydrogen-bond acceptors (Lipinski definition) is 7. The Morgan fingerprint density at radius 3 is 3.00 bits per heavy atom. The molecule has 7 nitrogen and oxygen atoms in total. The summed E-state index contributed by atoms with van der Waals surface area (Å²) in [4.78, 5) is 7.62. The van der Waals surface area contributed by atoms with Gasteiger partial charge in [0.25, 0.3) is 0 Å². The summed E-state index contributed by atoms with van der Waals surface area (Å²) < 4.78 is 4.01. The van der Waals surface area contributed by atoms with Crippen LogP contribution in [0.4, 0.5) is 5.95 Å². The number of aromatic nitrogens is 5. The SMILES string of the molecule is CC(C)c1nnsc1-c1nc(N2CCC(N)C2)n[nH]1. The van der Waals surface area contributed by atoms with Crippen molar-refractivity contribution in [1.82, 2.24) is 24.8 Å². The van der Waals surface area contributed by atoms with Crippen molar-refractivity contribution in [1.29, 1.82) is 0 Å². The average molecular weight is 279 g/mol. The van der Waals surface area contributed by atoms with Crippen LogP contribution >= 0.6 is 11.5 Å². The number of rotatable bonds is 3. The Balaban J connectivity index is 1.87. The third kappa shape index (κ3) is 2.33. The zero-order valence-corrected chi connectivity index (χ0v) is 11.8. The van der Waals surface area contributed by atoms with Crippen molar-refractivity contribution >= 4 is 17.5 Å². The molecular formula is C11H17N7S. The third-order valence-electron chi connectivity index (χ3n) is 3.26. The summed E-state index contributed by atoms with van der Waals surface area (Å²) in [7, 11) is 0. The van der Waals surface area contributed by atoms with E-state index in [1.54, 1.807) is 0 Å². The zero-order chi connectivity index (χ0) is 13.4. The molecule has 1 aliphatic heterocycles. The molecule has 3 rings (SSSR count). The number of nitrogens with two attached hydrogens (primary N) is 1. The van der Waals surface area contributed by atoms with Gasteiger partial charge in [-0.1, -0.05) is 18.3 Å². The summed E-state index contributed by atoms with van der Waals surface area (Å²) in [6.45, 7) is 5.92. The molecule has 0 radical (unpaired) electrons. The average Bonchev–Trinajstić information content (AvgIpc) is 3.07. The number of anilines is 1. The Morgan fingerprint density at radius 2 is 2.32 bits per heavy atom. The van der Waals surface area contributed by atoms with Gasteiger partial charge in [0.05, 0.1) is 5.69 Å². The molecule has 1 atom stereocenters. The number of nitrogens with zero attached hydrogens (tertiary/aromatic N) is 5. The summed E-state index contributed by atoms with van der Waals surface area (Å²) in [6.07, 6.45) is 0.989. The summed E-state index contributed by atoms with van der Waals surface area (Å²) in [5.41, 5.74) is 6.87. The fourth-order valence-corrected chi connectivity index (χ4v) is 2.96. The lowest BCUT2D eigenvalue weighted by atomic mass is 10.1. The van der Waals surface area contributed by atoms with Gasteiger partial charge >= 0.3 is 0 Å². The Hall–Kier alpha value is -1.54. The van der Waals surface area contributed by atoms with Gasteiger partial charge in [-0.25, -0.2) is 0 Å². The van der Waals surface area contributed by atoms with Crippen LogP contribution in [-0.2, 0) is 0 Å². The second kappa shape index (κ2) is 4.86. The minimum Gasteiger partial charge on any atom is -0.338 e. The first-order valence-electron chi connectivity index (χ1n) is 6.40. The molecule has 0 spiro atoms. The predicted molar refractivity (Wildman–Crippen MR) is 74.2 cm³/mol. The van der Waals surface area contributed by atoms with E-state index in [-0.39, 0.29) is 6.04 Å². The van der Waals surface area contributed by atoms with Gasteiger partial charge in [0, 0.05) is 19.1 Å². The van der Waals surface area contributed by atoms with Gasteiger partial charge in [-0.05, 0) is 23.9 Å². The first-order chi connectivity index (χ1) is 9.15. The molecule has 1 aliphatic rings. The Kier molecular flexibility index (Phi) is 3.19. The maximum atomic E-state index is 5.90. The van der Waals surface area contributed by atoms with E-state index in [4.69, 9.17) is 5.73 Å². The van der Waals surface area contributed by atoms with Crippen molar-refractivity contribution in [2.24, 2.45) is 5.73 Å². The fraction of sp³-hybridized carbons (Fsp3) is 0.636. The summed E-state index contributed by atoms with van der Waals surface area (Å²) >= 11 is 1.35. The first-order valence-corrected chi connectivity index (χ1v) is 7.18. The standard InChI is InChI=1S/C11H17N7S/c1-6(2)8-9(19-17-14-8)10-13-11(16-15-10)18-4-3-7(12)5-18/h6-7H,3-5,12H2,1-2H3,(H,13,15,16). The van der Waals surface area contributed by atoms with Crippen molar-refractivity contribution in [3.05, 3.63) is 5.69 Å². The first kappa shape index (κ1) is 12.5. The van der Waals surface area contributed by atoms with Crippen molar-refractivity contribution in [2.75, 3.05) is 18.0 Å². The van der Waals surface area contributed by atoms with Crippen LogP contribution in [0.1, 0.15) is 31.9 Å². The van der Waals surface area contributed by atoms with E-state index < -0.39 is 0 Å². The maximum absolute atomic E-state index is 5.90. The monoisotopic (exact) mass is 279 g/mol. The van der Waals surface area contributed by atoms with E-state index in [1.165, 1.54) is 11.5 Å². The third-order valence-corrected chi connectivity index (χ3v) is 4.00. The maximum Gasteiger partial charge on any atom is 0.245 e. The van der Waals surface area contributed by atoms with Gasteiger partial charge in [0.1, 0.15) is 4.88 Å². The van der Waals surface area contributed by atoms with Crippen molar-refractivity contribution in [2.45, 2.75) is 32.2 Å². The van der Waals surface area contributed by atoms with Crippen molar-refractivity contribution in [3.63, 3.8) is 0 Å².